The highest BCUT2D eigenvalue weighted by molar-refractivity contribution is 7.99. The van der Waals surface area contributed by atoms with Crippen LogP contribution in [0.15, 0.2) is 46.5 Å². The van der Waals surface area contributed by atoms with E-state index in [1.54, 1.807) is 30.0 Å². The minimum absolute atomic E-state index is 0.0504. The molecule has 1 atom stereocenters. The molecule has 0 bridgehead atoms. The summed E-state index contributed by atoms with van der Waals surface area (Å²) in [4.78, 5) is 17.1. The lowest BCUT2D eigenvalue weighted by Gasteiger charge is -2.29. The van der Waals surface area contributed by atoms with Gasteiger partial charge in [0, 0.05) is 30.5 Å². The number of nitrogens with zero attached hydrogens (tertiary/aromatic N) is 1. The maximum atomic E-state index is 13.1. The smallest absolute Gasteiger partial charge is 0.242 e. The van der Waals surface area contributed by atoms with Gasteiger partial charge in [0.05, 0.1) is 11.7 Å². The lowest BCUT2D eigenvalue weighted by atomic mass is 9.85. The van der Waals surface area contributed by atoms with Gasteiger partial charge in [0.2, 0.25) is 15.9 Å². The Morgan fingerprint density at radius 1 is 1.22 bits per heavy atom. The molecule has 1 aromatic heterocycles. The lowest BCUT2D eigenvalue weighted by Crippen LogP contribution is -2.41. The van der Waals surface area contributed by atoms with Crippen molar-refractivity contribution < 1.29 is 17.6 Å². The number of fused-ring (bicyclic) bond motifs is 1. The molecule has 172 valence electrons. The summed E-state index contributed by atoms with van der Waals surface area (Å²) in [6, 6.07) is 7.28. The third-order valence-corrected chi connectivity index (χ3v) is 8.44. The average molecular weight is 479 g/mol. The van der Waals surface area contributed by atoms with Gasteiger partial charge in [-0.25, -0.2) is 22.5 Å². The van der Waals surface area contributed by atoms with Crippen molar-refractivity contribution in [2.75, 3.05) is 17.6 Å². The van der Waals surface area contributed by atoms with Crippen LogP contribution in [-0.4, -0.2) is 37.6 Å². The molecule has 2 aromatic rings. The summed E-state index contributed by atoms with van der Waals surface area (Å²) in [7, 11) is -3.68. The van der Waals surface area contributed by atoms with E-state index in [4.69, 9.17) is 0 Å². The second-order valence-electron chi connectivity index (χ2n) is 8.25. The van der Waals surface area contributed by atoms with E-state index < -0.39 is 10.0 Å². The zero-order valence-electron chi connectivity index (χ0n) is 17.8. The van der Waals surface area contributed by atoms with Crippen LogP contribution in [0.2, 0.25) is 0 Å². The van der Waals surface area contributed by atoms with Crippen molar-refractivity contribution in [2.45, 2.75) is 54.6 Å². The number of amides is 1. The van der Waals surface area contributed by atoms with Gasteiger partial charge in [-0.05, 0) is 56.4 Å². The number of carbonyl (C=O) groups excluding carboxylic acids is 1. The summed E-state index contributed by atoms with van der Waals surface area (Å²) in [6.45, 7) is 2.65. The number of thioether (sulfide) groups is 1. The molecule has 1 aliphatic heterocycles. The van der Waals surface area contributed by atoms with Gasteiger partial charge in [0.1, 0.15) is 15.7 Å². The zero-order valence-corrected chi connectivity index (χ0v) is 19.4. The van der Waals surface area contributed by atoms with Crippen molar-refractivity contribution in [1.82, 2.24) is 15.0 Å². The van der Waals surface area contributed by atoms with Crippen LogP contribution < -0.4 is 15.4 Å². The largest absolute Gasteiger partial charge is 0.382 e. The maximum absolute atomic E-state index is 13.1. The number of halogens is 1. The summed E-state index contributed by atoms with van der Waals surface area (Å²) >= 11 is 1.61. The van der Waals surface area contributed by atoms with Gasteiger partial charge in [-0.2, -0.15) is 0 Å². The van der Waals surface area contributed by atoms with Gasteiger partial charge >= 0.3 is 0 Å². The number of pyridine rings is 1. The maximum Gasteiger partial charge on any atom is 0.242 e. The zero-order chi connectivity index (χ0) is 22.7. The van der Waals surface area contributed by atoms with Gasteiger partial charge in [-0.3, -0.25) is 4.79 Å². The van der Waals surface area contributed by atoms with Crippen LogP contribution in [0.3, 0.4) is 0 Å². The summed E-state index contributed by atoms with van der Waals surface area (Å²) < 4.78 is 41.5. The minimum Gasteiger partial charge on any atom is -0.382 e. The van der Waals surface area contributed by atoms with Crippen LogP contribution in [0.5, 0.6) is 0 Å². The first-order chi connectivity index (χ1) is 15.3. The summed E-state index contributed by atoms with van der Waals surface area (Å²) in [5.41, 5.74) is 1.59. The molecule has 1 unspecified atom stereocenters. The second kappa shape index (κ2) is 9.76. The topological polar surface area (TPSA) is 100 Å². The Kier molecular flexibility index (Phi) is 7.02. The van der Waals surface area contributed by atoms with Gasteiger partial charge in [0.25, 0.3) is 0 Å². The Morgan fingerprint density at radius 3 is 2.66 bits per heavy atom. The van der Waals surface area contributed by atoms with Crippen LogP contribution in [0.1, 0.15) is 44.2 Å². The first-order valence-corrected chi connectivity index (χ1v) is 13.2. The summed E-state index contributed by atoms with van der Waals surface area (Å²) in [5, 5.41) is 6.99. The van der Waals surface area contributed by atoms with Gasteiger partial charge in [-0.1, -0.05) is 12.1 Å². The Balaban J connectivity index is 1.30. The molecule has 10 heteroatoms. The molecule has 2 heterocycles. The minimum atomic E-state index is -3.68. The fraction of sp³-hybridized carbons (Fsp3) is 0.455. The number of rotatable bonds is 6. The van der Waals surface area contributed by atoms with E-state index in [2.05, 4.69) is 20.3 Å². The fourth-order valence-corrected chi connectivity index (χ4v) is 6.17. The number of aromatic nitrogens is 1. The van der Waals surface area contributed by atoms with E-state index in [0.717, 1.165) is 28.6 Å². The molecule has 1 amide bonds. The molecule has 1 fully saturated rings. The standard InChI is InChI=1S/C22H27FN4O3S2/c1-14(15-2-6-17(23)7-3-15)26-21(28)16-4-8-18(9-5-16)27-32(29,30)19-12-20-22(25-13-19)31-11-10-24-20/h2-3,6-7,12-14,16,18,24,27H,4-5,8-11H2,1H3,(H,26,28). The molecule has 0 radical (unpaired) electrons. The predicted molar refractivity (Wildman–Crippen MR) is 122 cm³/mol. The molecular weight excluding hydrogens is 451 g/mol. The predicted octanol–water partition coefficient (Wildman–Crippen LogP) is 3.45. The molecule has 0 spiro atoms. The number of hydrogen-bond acceptors (Lipinski definition) is 6. The molecule has 7 nitrogen and oxygen atoms in total. The number of carbonyl (C=O) groups is 1. The molecule has 1 aromatic carbocycles. The average Bonchev–Trinajstić information content (AvgIpc) is 2.79. The Morgan fingerprint density at radius 2 is 1.94 bits per heavy atom. The van der Waals surface area contributed by atoms with E-state index in [-0.39, 0.29) is 34.6 Å². The first-order valence-electron chi connectivity index (χ1n) is 10.8. The Labute approximate surface area is 192 Å². The normalized spacial score (nSPS) is 21.8. The van der Waals surface area contributed by atoms with E-state index in [9.17, 15) is 17.6 Å². The highest BCUT2D eigenvalue weighted by Gasteiger charge is 2.30. The lowest BCUT2D eigenvalue weighted by molar-refractivity contribution is -0.126. The third-order valence-electron chi connectivity index (χ3n) is 5.94. The Hall–Kier alpha value is -2.17. The van der Waals surface area contributed by atoms with Crippen molar-refractivity contribution in [3.63, 3.8) is 0 Å². The molecule has 1 aliphatic carbocycles. The van der Waals surface area contributed by atoms with Gasteiger partial charge in [-0.15, -0.1) is 11.8 Å². The van der Waals surface area contributed by atoms with Crippen molar-refractivity contribution in [3.8, 4) is 0 Å². The number of benzene rings is 1. The van der Waals surface area contributed by atoms with Gasteiger partial charge in [0.15, 0.2) is 0 Å². The van der Waals surface area contributed by atoms with E-state index >= 15 is 0 Å². The number of hydrogen-bond donors (Lipinski definition) is 3. The SMILES string of the molecule is CC(NC(=O)C1CCC(NS(=O)(=O)c2cnc3c(c2)NCCS3)CC1)c1ccc(F)cc1. The molecule has 0 saturated heterocycles. The van der Waals surface area contributed by atoms with E-state index in [0.29, 0.717) is 25.7 Å². The third kappa shape index (κ3) is 5.41. The molecule has 1 saturated carbocycles. The number of nitrogens with one attached hydrogen (secondary N) is 3. The summed E-state index contributed by atoms with van der Waals surface area (Å²) in [5.74, 6) is 0.384. The molecule has 2 aliphatic rings. The van der Waals surface area contributed by atoms with Gasteiger partial charge < -0.3 is 10.6 Å². The van der Waals surface area contributed by atoms with E-state index in [1.165, 1.54) is 18.3 Å². The monoisotopic (exact) mass is 478 g/mol. The van der Waals surface area contributed by atoms with Crippen LogP contribution in [0.25, 0.3) is 0 Å². The fourth-order valence-electron chi connectivity index (χ4n) is 4.08. The highest BCUT2D eigenvalue weighted by atomic mass is 32.2. The van der Waals surface area contributed by atoms with Crippen LogP contribution >= 0.6 is 11.8 Å². The second-order valence-corrected chi connectivity index (χ2v) is 11.0. The molecular formula is C22H27FN4O3S2. The highest BCUT2D eigenvalue weighted by Crippen LogP contribution is 2.31. The molecule has 4 rings (SSSR count). The van der Waals surface area contributed by atoms with Crippen LogP contribution in [0, 0.1) is 11.7 Å². The number of sulfonamides is 1. The quantitative estimate of drug-likeness (QED) is 0.588. The van der Waals surface area contributed by atoms with Crippen molar-refractivity contribution >= 4 is 33.4 Å². The van der Waals surface area contributed by atoms with Crippen LogP contribution in [-0.2, 0) is 14.8 Å². The van der Waals surface area contributed by atoms with Crippen LogP contribution in [0.4, 0.5) is 10.1 Å². The summed E-state index contributed by atoms with van der Waals surface area (Å²) in [6.07, 6.45) is 3.80. The number of anilines is 1. The first kappa shape index (κ1) is 23.0. The van der Waals surface area contributed by atoms with Crippen molar-refractivity contribution in [1.29, 1.82) is 0 Å². The molecule has 3 N–H and O–H groups in total. The van der Waals surface area contributed by atoms with Crippen molar-refractivity contribution in [3.05, 3.63) is 47.9 Å². The van der Waals surface area contributed by atoms with Crippen molar-refractivity contribution in [2.24, 2.45) is 5.92 Å². The Bertz CT molecular complexity index is 1070. The van der Waals surface area contributed by atoms with E-state index in [1.807, 2.05) is 6.92 Å². The molecule has 32 heavy (non-hydrogen) atoms.